The second-order valence-electron chi connectivity index (χ2n) is 6.04. The molecule has 23 heavy (non-hydrogen) atoms. The van der Waals surface area contributed by atoms with Gasteiger partial charge in [-0.25, -0.2) is 0 Å². The van der Waals surface area contributed by atoms with Crippen LogP contribution in [0, 0.1) is 0 Å². The highest BCUT2D eigenvalue weighted by atomic mass is 32.2. The van der Waals surface area contributed by atoms with E-state index in [9.17, 15) is 4.79 Å². The largest absolute Gasteiger partial charge is 0.343 e. The van der Waals surface area contributed by atoms with E-state index < -0.39 is 0 Å². The van der Waals surface area contributed by atoms with Crippen molar-refractivity contribution in [1.29, 1.82) is 0 Å². The lowest BCUT2D eigenvalue weighted by Gasteiger charge is -2.33. The molecule has 2 nitrogen and oxygen atoms in total. The van der Waals surface area contributed by atoms with Crippen molar-refractivity contribution in [3.8, 4) is 0 Å². The zero-order chi connectivity index (χ0) is 16.1. The fourth-order valence-electron chi connectivity index (χ4n) is 3.10. The standard InChI is InChI=1S/C20H23NOS/c1-16(22)21-14-12-19(13-15-21)23-20(17-8-4-2-5-9-17)18-10-6-3-7-11-18/h2-11,19-20H,12-15H2,1H3. The molecule has 1 aliphatic heterocycles. The number of hydrogen-bond donors (Lipinski definition) is 0. The summed E-state index contributed by atoms with van der Waals surface area (Å²) >= 11 is 2.05. The van der Waals surface area contributed by atoms with Crippen LogP contribution in [-0.4, -0.2) is 29.1 Å². The van der Waals surface area contributed by atoms with E-state index >= 15 is 0 Å². The predicted molar refractivity (Wildman–Crippen MR) is 97.6 cm³/mol. The molecule has 1 fully saturated rings. The number of rotatable bonds is 4. The van der Waals surface area contributed by atoms with E-state index in [1.807, 2.05) is 16.7 Å². The second-order valence-corrected chi connectivity index (χ2v) is 7.45. The van der Waals surface area contributed by atoms with E-state index in [1.165, 1.54) is 11.1 Å². The molecule has 0 radical (unpaired) electrons. The van der Waals surface area contributed by atoms with Crippen LogP contribution in [0.4, 0.5) is 0 Å². The number of piperidine rings is 1. The Morgan fingerprint density at radius 2 is 1.43 bits per heavy atom. The van der Waals surface area contributed by atoms with Crippen LogP contribution in [0.2, 0.25) is 0 Å². The van der Waals surface area contributed by atoms with E-state index in [1.54, 1.807) is 6.92 Å². The monoisotopic (exact) mass is 325 g/mol. The summed E-state index contributed by atoms with van der Waals surface area (Å²) < 4.78 is 0. The number of hydrogen-bond acceptors (Lipinski definition) is 2. The molecule has 0 aromatic heterocycles. The van der Waals surface area contributed by atoms with Crippen LogP contribution in [0.15, 0.2) is 60.7 Å². The van der Waals surface area contributed by atoms with Gasteiger partial charge in [-0.15, -0.1) is 11.8 Å². The lowest BCUT2D eigenvalue weighted by atomic mass is 10.0. The minimum Gasteiger partial charge on any atom is -0.343 e. The molecule has 0 N–H and O–H groups in total. The molecule has 1 heterocycles. The minimum absolute atomic E-state index is 0.205. The highest BCUT2D eigenvalue weighted by molar-refractivity contribution is 8.00. The average Bonchev–Trinajstić information content (AvgIpc) is 2.61. The molecule has 3 rings (SSSR count). The zero-order valence-electron chi connectivity index (χ0n) is 13.5. The maximum Gasteiger partial charge on any atom is 0.219 e. The number of likely N-dealkylation sites (tertiary alicyclic amines) is 1. The van der Waals surface area contributed by atoms with E-state index in [0.717, 1.165) is 25.9 Å². The van der Waals surface area contributed by atoms with Gasteiger partial charge in [-0.2, -0.15) is 0 Å². The van der Waals surface area contributed by atoms with Crippen LogP contribution < -0.4 is 0 Å². The Hall–Kier alpha value is -1.74. The minimum atomic E-state index is 0.205. The molecular formula is C20H23NOS. The molecule has 3 heteroatoms. The summed E-state index contributed by atoms with van der Waals surface area (Å²) in [7, 11) is 0. The molecule has 1 aliphatic rings. The molecular weight excluding hydrogens is 302 g/mol. The number of nitrogens with zero attached hydrogens (tertiary/aromatic N) is 1. The Balaban J connectivity index is 1.74. The summed E-state index contributed by atoms with van der Waals surface area (Å²) in [5.41, 5.74) is 2.72. The third kappa shape index (κ3) is 4.17. The molecule has 2 aromatic rings. The van der Waals surface area contributed by atoms with Crippen molar-refractivity contribution in [2.24, 2.45) is 0 Å². The third-order valence-electron chi connectivity index (χ3n) is 4.42. The zero-order valence-corrected chi connectivity index (χ0v) is 14.3. The van der Waals surface area contributed by atoms with Gasteiger partial charge in [0.25, 0.3) is 0 Å². The van der Waals surface area contributed by atoms with Gasteiger partial charge >= 0.3 is 0 Å². The lowest BCUT2D eigenvalue weighted by Crippen LogP contribution is -2.38. The van der Waals surface area contributed by atoms with Crippen LogP contribution >= 0.6 is 11.8 Å². The molecule has 0 spiro atoms. The Morgan fingerprint density at radius 1 is 0.957 bits per heavy atom. The molecule has 0 unspecified atom stereocenters. The second kappa shape index (κ2) is 7.69. The maximum absolute atomic E-state index is 11.5. The number of carbonyl (C=O) groups is 1. The van der Waals surface area contributed by atoms with Crippen molar-refractivity contribution in [1.82, 2.24) is 4.90 Å². The first kappa shape index (κ1) is 16.1. The van der Waals surface area contributed by atoms with E-state index in [-0.39, 0.29) is 5.91 Å². The van der Waals surface area contributed by atoms with Gasteiger partial charge in [-0.05, 0) is 24.0 Å². The Morgan fingerprint density at radius 3 is 1.87 bits per heavy atom. The number of thioether (sulfide) groups is 1. The summed E-state index contributed by atoms with van der Waals surface area (Å²) in [6.45, 7) is 3.46. The predicted octanol–water partition coefficient (Wildman–Crippen LogP) is 4.52. The maximum atomic E-state index is 11.5. The quantitative estimate of drug-likeness (QED) is 0.824. The highest BCUT2D eigenvalue weighted by Gasteiger charge is 2.25. The van der Waals surface area contributed by atoms with Crippen LogP contribution in [0.3, 0.4) is 0 Å². The number of benzene rings is 2. The fraction of sp³-hybridized carbons (Fsp3) is 0.350. The van der Waals surface area contributed by atoms with Crippen LogP contribution in [-0.2, 0) is 4.79 Å². The summed E-state index contributed by atoms with van der Waals surface area (Å²) in [5.74, 6) is 0.205. The van der Waals surface area contributed by atoms with Gasteiger partial charge in [0, 0.05) is 25.3 Å². The number of amides is 1. The van der Waals surface area contributed by atoms with Crippen LogP contribution in [0.5, 0.6) is 0 Å². The van der Waals surface area contributed by atoms with Crippen LogP contribution in [0.25, 0.3) is 0 Å². The lowest BCUT2D eigenvalue weighted by molar-refractivity contribution is -0.129. The first-order valence-corrected chi connectivity index (χ1v) is 9.19. The van der Waals surface area contributed by atoms with E-state index in [2.05, 4.69) is 60.7 Å². The van der Waals surface area contributed by atoms with Gasteiger partial charge in [0.15, 0.2) is 0 Å². The average molecular weight is 325 g/mol. The van der Waals surface area contributed by atoms with Gasteiger partial charge in [0.2, 0.25) is 5.91 Å². The first-order chi connectivity index (χ1) is 11.2. The number of carbonyl (C=O) groups excluding carboxylic acids is 1. The summed E-state index contributed by atoms with van der Waals surface area (Å²) in [6.07, 6.45) is 2.17. The molecule has 0 bridgehead atoms. The molecule has 0 atom stereocenters. The normalized spacial score (nSPS) is 15.8. The molecule has 0 saturated carbocycles. The Labute approximate surface area is 142 Å². The summed E-state index contributed by atoms with van der Waals surface area (Å²) in [5, 5.41) is 0.974. The smallest absolute Gasteiger partial charge is 0.219 e. The molecule has 1 saturated heterocycles. The highest BCUT2D eigenvalue weighted by Crippen LogP contribution is 2.41. The van der Waals surface area contributed by atoms with Gasteiger partial charge < -0.3 is 4.90 Å². The topological polar surface area (TPSA) is 20.3 Å². The van der Waals surface area contributed by atoms with Crippen molar-refractivity contribution in [2.45, 2.75) is 30.3 Å². The van der Waals surface area contributed by atoms with Crippen molar-refractivity contribution in [3.05, 3.63) is 71.8 Å². The molecule has 120 valence electrons. The van der Waals surface area contributed by atoms with Crippen molar-refractivity contribution in [3.63, 3.8) is 0 Å². The summed E-state index contributed by atoms with van der Waals surface area (Å²) in [4.78, 5) is 13.5. The molecule has 1 amide bonds. The van der Waals surface area contributed by atoms with Crippen molar-refractivity contribution < 1.29 is 4.79 Å². The fourth-order valence-corrected chi connectivity index (χ4v) is 4.60. The van der Waals surface area contributed by atoms with Crippen molar-refractivity contribution >= 4 is 17.7 Å². The Kier molecular flexibility index (Phi) is 5.39. The SMILES string of the molecule is CC(=O)N1CCC(SC(c2ccccc2)c2ccccc2)CC1. The third-order valence-corrected chi connectivity index (χ3v) is 6.09. The Bertz CT molecular complexity index is 581. The molecule has 0 aliphatic carbocycles. The first-order valence-electron chi connectivity index (χ1n) is 8.25. The van der Waals surface area contributed by atoms with E-state index in [4.69, 9.17) is 0 Å². The van der Waals surface area contributed by atoms with Gasteiger partial charge in [-0.3, -0.25) is 4.79 Å². The molecule has 2 aromatic carbocycles. The summed E-state index contributed by atoms with van der Waals surface area (Å²) in [6, 6.07) is 21.5. The van der Waals surface area contributed by atoms with Gasteiger partial charge in [0.1, 0.15) is 0 Å². The van der Waals surface area contributed by atoms with Gasteiger partial charge in [-0.1, -0.05) is 60.7 Å². The van der Waals surface area contributed by atoms with E-state index in [0.29, 0.717) is 10.5 Å². The van der Waals surface area contributed by atoms with Gasteiger partial charge in [0.05, 0.1) is 5.25 Å². The van der Waals surface area contributed by atoms with Crippen LogP contribution in [0.1, 0.15) is 36.1 Å². The van der Waals surface area contributed by atoms with Crippen molar-refractivity contribution in [2.75, 3.05) is 13.1 Å².